The maximum absolute atomic E-state index is 12.7. The molecule has 1 aliphatic rings. The molecule has 0 atom stereocenters. The van der Waals surface area contributed by atoms with Gasteiger partial charge in [0, 0.05) is 6.54 Å². The van der Waals surface area contributed by atoms with Gasteiger partial charge < -0.3 is 9.84 Å². The molecule has 26 heavy (non-hydrogen) atoms. The number of hydrogen-bond donors (Lipinski definition) is 1. The van der Waals surface area contributed by atoms with Gasteiger partial charge in [-0.3, -0.25) is 9.36 Å². The molecule has 0 aliphatic carbocycles. The van der Waals surface area contributed by atoms with E-state index in [4.69, 9.17) is 9.84 Å². The Bertz CT molecular complexity index is 1130. The van der Waals surface area contributed by atoms with Crippen LogP contribution >= 0.6 is 0 Å². The standard InChI is InChI=1S/C20H16N2O4/c1-26-15-4-2-3-12(10-15)9-13-7-8-22-18(13)21-17-11-14(20(24)25)5-6-16(17)19(22)23/h2-6,9-11H,7-8H2,1H3,(H,24,25)/b13-9-. The molecule has 1 aliphatic heterocycles. The number of benzene rings is 2. The third kappa shape index (κ3) is 2.65. The van der Waals surface area contributed by atoms with Crippen LogP contribution in [0.5, 0.6) is 5.75 Å². The zero-order valence-corrected chi connectivity index (χ0v) is 14.1. The molecule has 2 heterocycles. The van der Waals surface area contributed by atoms with Crippen molar-refractivity contribution >= 4 is 28.5 Å². The van der Waals surface area contributed by atoms with Crippen LogP contribution in [0, 0.1) is 0 Å². The van der Waals surface area contributed by atoms with Crippen molar-refractivity contribution in [2.75, 3.05) is 7.11 Å². The van der Waals surface area contributed by atoms with Crippen molar-refractivity contribution in [3.05, 3.63) is 69.8 Å². The lowest BCUT2D eigenvalue weighted by molar-refractivity contribution is 0.0697. The van der Waals surface area contributed by atoms with Gasteiger partial charge in [-0.2, -0.15) is 0 Å². The van der Waals surface area contributed by atoms with Crippen molar-refractivity contribution in [2.45, 2.75) is 13.0 Å². The Morgan fingerprint density at radius 3 is 2.88 bits per heavy atom. The molecule has 4 rings (SSSR count). The lowest BCUT2D eigenvalue weighted by Crippen LogP contribution is -2.20. The molecule has 0 fully saturated rings. The number of aromatic nitrogens is 2. The average molecular weight is 348 g/mol. The molecule has 6 nitrogen and oxygen atoms in total. The molecular formula is C20H16N2O4. The Kier molecular flexibility index (Phi) is 3.80. The first-order valence-electron chi connectivity index (χ1n) is 8.20. The molecule has 0 spiro atoms. The molecule has 0 bridgehead atoms. The summed E-state index contributed by atoms with van der Waals surface area (Å²) >= 11 is 0. The molecule has 1 aromatic heterocycles. The molecule has 0 amide bonds. The summed E-state index contributed by atoms with van der Waals surface area (Å²) in [5.41, 5.74) is 2.28. The van der Waals surface area contributed by atoms with E-state index in [-0.39, 0.29) is 11.1 Å². The first-order valence-corrected chi connectivity index (χ1v) is 8.20. The maximum atomic E-state index is 12.7. The average Bonchev–Trinajstić information content (AvgIpc) is 3.04. The zero-order chi connectivity index (χ0) is 18.3. The summed E-state index contributed by atoms with van der Waals surface area (Å²) in [6.45, 7) is 0.563. The van der Waals surface area contributed by atoms with E-state index in [1.807, 2.05) is 30.3 Å². The SMILES string of the molecule is COc1cccc(/C=C2/CCn3c2nc2cc(C(=O)O)ccc2c3=O)c1. The van der Waals surface area contributed by atoms with Crippen molar-refractivity contribution in [1.29, 1.82) is 0 Å². The van der Waals surface area contributed by atoms with Crippen molar-refractivity contribution in [2.24, 2.45) is 0 Å². The lowest BCUT2D eigenvalue weighted by Gasteiger charge is -2.06. The molecule has 130 valence electrons. The third-order valence-electron chi connectivity index (χ3n) is 4.53. The zero-order valence-electron chi connectivity index (χ0n) is 14.1. The predicted octanol–water partition coefficient (Wildman–Crippen LogP) is 3.05. The Hall–Kier alpha value is -3.41. The van der Waals surface area contributed by atoms with Crippen molar-refractivity contribution in [3.8, 4) is 5.75 Å². The van der Waals surface area contributed by atoms with Gasteiger partial charge in [-0.15, -0.1) is 0 Å². The molecule has 6 heteroatoms. The second-order valence-electron chi connectivity index (χ2n) is 6.13. The van der Waals surface area contributed by atoms with Crippen LogP contribution < -0.4 is 10.3 Å². The predicted molar refractivity (Wildman–Crippen MR) is 98.4 cm³/mol. The first-order chi connectivity index (χ1) is 12.6. The van der Waals surface area contributed by atoms with Crippen LogP contribution in [-0.4, -0.2) is 27.7 Å². The van der Waals surface area contributed by atoms with Crippen LogP contribution in [0.4, 0.5) is 0 Å². The summed E-state index contributed by atoms with van der Waals surface area (Å²) in [6.07, 6.45) is 2.68. The van der Waals surface area contributed by atoms with Gasteiger partial charge in [0.05, 0.1) is 23.6 Å². The number of allylic oxidation sites excluding steroid dienone is 1. The van der Waals surface area contributed by atoms with E-state index in [2.05, 4.69) is 4.98 Å². The van der Waals surface area contributed by atoms with E-state index in [0.29, 0.717) is 29.7 Å². The molecule has 0 saturated heterocycles. The monoisotopic (exact) mass is 348 g/mol. The third-order valence-corrected chi connectivity index (χ3v) is 4.53. The van der Waals surface area contributed by atoms with Crippen LogP contribution in [0.3, 0.4) is 0 Å². The Balaban J connectivity index is 1.87. The number of aromatic carboxylic acids is 1. The second kappa shape index (κ2) is 6.15. The number of ether oxygens (including phenoxy) is 1. The number of hydrogen-bond acceptors (Lipinski definition) is 4. The highest BCUT2D eigenvalue weighted by Crippen LogP contribution is 2.28. The molecule has 3 aromatic rings. The smallest absolute Gasteiger partial charge is 0.335 e. The van der Waals surface area contributed by atoms with Gasteiger partial charge >= 0.3 is 5.97 Å². The topological polar surface area (TPSA) is 81.4 Å². The molecule has 0 saturated carbocycles. The van der Waals surface area contributed by atoms with Gasteiger partial charge in [0.15, 0.2) is 0 Å². The summed E-state index contributed by atoms with van der Waals surface area (Å²) in [7, 11) is 1.62. The van der Waals surface area contributed by atoms with Gasteiger partial charge in [-0.25, -0.2) is 9.78 Å². The number of carboxylic acid groups (broad SMARTS) is 1. The van der Waals surface area contributed by atoms with Crippen LogP contribution in [-0.2, 0) is 6.54 Å². The van der Waals surface area contributed by atoms with E-state index in [1.165, 1.54) is 18.2 Å². The molecule has 2 aromatic carbocycles. The van der Waals surface area contributed by atoms with Crippen molar-refractivity contribution in [3.63, 3.8) is 0 Å². The number of methoxy groups -OCH3 is 1. The second-order valence-corrected chi connectivity index (χ2v) is 6.13. The quantitative estimate of drug-likeness (QED) is 0.787. The summed E-state index contributed by atoms with van der Waals surface area (Å²) in [5, 5.41) is 9.60. The summed E-state index contributed by atoms with van der Waals surface area (Å²) in [4.78, 5) is 28.5. The van der Waals surface area contributed by atoms with E-state index in [1.54, 1.807) is 11.7 Å². The minimum atomic E-state index is -1.04. The fraction of sp³-hybridized carbons (Fsp3) is 0.150. The molecule has 0 unspecified atom stereocenters. The summed E-state index contributed by atoms with van der Waals surface area (Å²) in [6, 6.07) is 12.1. The van der Waals surface area contributed by atoms with E-state index in [9.17, 15) is 9.59 Å². The van der Waals surface area contributed by atoms with Gasteiger partial charge in [-0.05, 0) is 54.0 Å². The normalized spacial score (nSPS) is 14.6. The van der Waals surface area contributed by atoms with Crippen LogP contribution in [0.1, 0.15) is 28.2 Å². The maximum Gasteiger partial charge on any atom is 0.335 e. The van der Waals surface area contributed by atoms with E-state index < -0.39 is 5.97 Å². The van der Waals surface area contributed by atoms with E-state index in [0.717, 1.165) is 16.9 Å². The highest BCUT2D eigenvalue weighted by atomic mass is 16.5. The van der Waals surface area contributed by atoms with Crippen molar-refractivity contribution in [1.82, 2.24) is 9.55 Å². The van der Waals surface area contributed by atoms with Gasteiger partial charge in [0.2, 0.25) is 0 Å². The lowest BCUT2D eigenvalue weighted by atomic mass is 10.1. The Labute approximate surface area is 149 Å². The highest BCUT2D eigenvalue weighted by molar-refractivity contribution is 5.93. The summed E-state index contributed by atoms with van der Waals surface area (Å²) < 4.78 is 6.89. The highest BCUT2D eigenvalue weighted by Gasteiger charge is 2.21. The van der Waals surface area contributed by atoms with Crippen LogP contribution in [0.25, 0.3) is 22.6 Å². The fourth-order valence-corrected chi connectivity index (χ4v) is 3.22. The van der Waals surface area contributed by atoms with Gasteiger partial charge in [0.1, 0.15) is 11.6 Å². The van der Waals surface area contributed by atoms with E-state index >= 15 is 0 Å². The fourth-order valence-electron chi connectivity index (χ4n) is 3.22. The van der Waals surface area contributed by atoms with Crippen molar-refractivity contribution < 1.29 is 14.6 Å². The van der Waals surface area contributed by atoms with Gasteiger partial charge in [-0.1, -0.05) is 12.1 Å². The minimum absolute atomic E-state index is 0.116. The number of carbonyl (C=O) groups is 1. The van der Waals surface area contributed by atoms with Crippen LogP contribution in [0.2, 0.25) is 0 Å². The number of rotatable bonds is 3. The number of fused-ring (bicyclic) bond motifs is 2. The number of nitrogens with zero attached hydrogens (tertiary/aromatic N) is 2. The largest absolute Gasteiger partial charge is 0.497 e. The summed E-state index contributed by atoms with van der Waals surface area (Å²) in [5.74, 6) is 0.307. The Morgan fingerprint density at radius 1 is 1.27 bits per heavy atom. The molecule has 0 radical (unpaired) electrons. The van der Waals surface area contributed by atoms with Crippen LogP contribution in [0.15, 0.2) is 47.3 Å². The number of carboxylic acids is 1. The molecule has 1 N–H and O–H groups in total. The first kappa shape index (κ1) is 16.1. The van der Waals surface area contributed by atoms with Gasteiger partial charge in [0.25, 0.3) is 5.56 Å². The molecular weight excluding hydrogens is 332 g/mol. The minimum Gasteiger partial charge on any atom is -0.497 e. The Morgan fingerprint density at radius 2 is 2.12 bits per heavy atom.